The van der Waals surface area contributed by atoms with Crippen LogP contribution in [0.25, 0.3) is 0 Å². The number of rotatable bonds is 5. The van der Waals surface area contributed by atoms with E-state index in [0.29, 0.717) is 34.6 Å². The summed E-state index contributed by atoms with van der Waals surface area (Å²) in [6.07, 6.45) is 1.86. The molecule has 2 heterocycles. The lowest BCUT2D eigenvalue weighted by molar-refractivity contribution is -0.0791. The molecule has 2 aliphatic rings. The van der Waals surface area contributed by atoms with E-state index in [2.05, 4.69) is 24.1 Å². The number of hydrogen-bond acceptors (Lipinski definition) is 3. The average Bonchev–Trinajstić information content (AvgIpc) is 2.59. The average molecular weight is 431 g/mol. The van der Waals surface area contributed by atoms with E-state index in [-0.39, 0.29) is 17.4 Å². The highest BCUT2D eigenvalue weighted by Gasteiger charge is 2.33. The van der Waals surface area contributed by atoms with Gasteiger partial charge in [-0.15, -0.1) is 0 Å². The molecule has 1 aromatic carbocycles. The van der Waals surface area contributed by atoms with Crippen molar-refractivity contribution in [3.8, 4) is 0 Å². The summed E-state index contributed by atoms with van der Waals surface area (Å²) in [6, 6.07) is 4.70. The van der Waals surface area contributed by atoms with E-state index in [1.54, 1.807) is 18.2 Å². The monoisotopic (exact) mass is 430 g/mol. The number of piperidine rings is 1. The molecular formula is C21H29Cl2FN2O2. The summed E-state index contributed by atoms with van der Waals surface area (Å²) in [7, 11) is 0. The fourth-order valence-electron chi connectivity index (χ4n) is 4.30. The minimum absolute atomic E-state index is 0.0795. The molecule has 7 heteroatoms. The highest BCUT2D eigenvalue weighted by atomic mass is 35.5. The summed E-state index contributed by atoms with van der Waals surface area (Å²) in [5.74, 6) is 0.115. The van der Waals surface area contributed by atoms with Gasteiger partial charge in [0.2, 0.25) is 0 Å². The predicted octanol–water partition coefficient (Wildman–Crippen LogP) is 4.59. The topological polar surface area (TPSA) is 41.6 Å². The zero-order chi connectivity index (χ0) is 20.3. The van der Waals surface area contributed by atoms with Crippen LogP contribution in [0.3, 0.4) is 0 Å². The van der Waals surface area contributed by atoms with Crippen molar-refractivity contribution in [2.75, 3.05) is 32.8 Å². The van der Waals surface area contributed by atoms with Crippen LogP contribution >= 0.6 is 23.2 Å². The normalized spacial score (nSPS) is 28.1. The number of halogens is 3. The molecule has 2 aliphatic heterocycles. The number of ether oxygens (including phenoxy) is 1. The Morgan fingerprint density at radius 2 is 2.00 bits per heavy atom. The van der Waals surface area contributed by atoms with Gasteiger partial charge < -0.3 is 15.0 Å². The van der Waals surface area contributed by atoms with Gasteiger partial charge in [-0.05, 0) is 63.8 Å². The van der Waals surface area contributed by atoms with Crippen LogP contribution in [0.2, 0.25) is 10.0 Å². The SMILES string of the molecule is CC1(C)CC(CN2CCC(CNC(=O)c3cc(Cl)cc(Cl)c3)C(F)C2)CCO1. The van der Waals surface area contributed by atoms with Gasteiger partial charge in [-0.2, -0.15) is 0 Å². The van der Waals surface area contributed by atoms with Crippen molar-refractivity contribution in [1.82, 2.24) is 10.2 Å². The van der Waals surface area contributed by atoms with Crippen molar-refractivity contribution in [1.29, 1.82) is 0 Å². The molecule has 3 atom stereocenters. The molecule has 3 unspecified atom stereocenters. The Labute approximate surface area is 176 Å². The Morgan fingerprint density at radius 3 is 2.64 bits per heavy atom. The first kappa shape index (κ1) is 21.8. The molecule has 3 rings (SSSR count). The molecule has 1 aromatic rings. The van der Waals surface area contributed by atoms with Gasteiger partial charge >= 0.3 is 0 Å². The van der Waals surface area contributed by atoms with Crippen molar-refractivity contribution in [3.63, 3.8) is 0 Å². The fourth-order valence-corrected chi connectivity index (χ4v) is 4.83. The first-order valence-electron chi connectivity index (χ1n) is 9.96. The van der Waals surface area contributed by atoms with Gasteiger partial charge in [0.1, 0.15) is 6.17 Å². The van der Waals surface area contributed by atoms with Gasteiger partial charge in [0.25, 0.3) is 5.91 Å². The molecule has 4 nitrogen and oxygen atoms in total. The minimum Gasteiger partial charge on any atom is -0.376 e. The summed E-state index contributed by atoms with van der Waals surface area (Å²) < 4.78 is 20.5. The number of nitrogens with one attached hydrogen (secondary N) is 1. The number of likely N-dealkylation sites (tertiary alicyclic amines) is 1. The highest BCUT2D eigenvalue weighted by Crippen LogP contribution is 2.30. The Hall–Kier alpha value is -0.880. The van der Waals surface area contributed by atoms with E-state index in [4.69, 9.17) is 27.9 Å². The molecule has 2 saturated heterocycles. The molecule has 0 saturated carbocycles. The second kappa shape index (κ2) is 9.29. The number of alkyl halides is 1. The zero-order valence-electron chi connectivity index (χ0n) is 16.5. The third-order valence-electron chi connectivity index (χ3n) is 5.73. The molecule has 0 radical (unpaired) electrons. The van der Waals surface area contributed by atoms with Crippen LogP contribution in [0.1, 0.15) is 43.5 Å². The molecule has 1 amide bonds. The molecule has 0 aliphatic carbocycles. The van der Waals surface area contributed by atoms with Crippen LogP contribution in [0.4, 0.5) is 4.39 Å². The number of hydrogen-bond donors (Lipinski definition) is 1. The van der Waals surface area contributed by atoms with Gasteiger partial charge in [-0.3, -0.25) is 4.79 Å². The van der Waals surface area contributed by atoms with Gasteiger partial charge in [0.15, 0.2) is 0 Å². The molecule has 0 spiro atoms. The summed E-state index contributed by atoms with van der Waals surface area (Å²) in [5, 5.41) is 3.65. The Bertz CT molecular complexity index is 681. The Morgan fingerprint density at radius 1 is 1.29 bits per heavy atom. The number of carbonyl (C=O) groups excluding carboxylic acids is 1. The van der Waals surface area contributed by atoms with Gasteiger partial charge in [0, 0.05) is 47.8 Å². The summed E-state index contributed by atoms with van der Waals surface area (Å²) in [6.45, 7) is 7.57. The largest absolute Gasteiger partial charge is 0.376 e. The minimum atomic E-state index is -0.940. The molecule has 2 fully saturated rings. The van der Waals surface area contributed by atoms with Crippen molar-refractivity contribution in [2.45, 2.75) is 44.9 Å². The van der Waals surface area contributed by atoms with Crippen molar-refractivity contribution in [3.05, 3.63) is 33.8 Å². The van der Waals surface area contributed by atoms with E-state index in [0.717, 1.165) is 39.0 Å². The number of amides is 1. The molecule has 1 N–H and O–H groups in total. The lowest BCUT2D eigenvalue weighted by Crippen LogP contribution is -2.48. The maximum absolute atomic E-state index is 14.7. The molecule has 156 valence electrons. The quantitative estimate of drug-likeness (QED) is 0.742. The molecule has 0 bridgehead atoms. The summed E-state index contributed by atoms with van der Waals surface area (Å²) in [4.78, 5) is 14.5. The van der Waals surface area contributed by atoms with Crippen LogP contribution in [-0.4, -0.2) is 55.4 Å². The Balaban J connectivity index is 1.45. The van der Waals surface area contributed by atoms with Crippen LogP contribution < -0.4 is 5.32 Å². The second-order valence-corrected chi connectivity index (χ2v) is 9.53. The maximum atomic E-state index is 14.7. The fraction of sp³-hybridized carbons (Fsp3) is 0.667. The predicted molar refractivity (Wildman–Crippen MR) is 111 cm³/mol. The first-order valence-corrected chi connectivity index (χ1v) is 10.7. The van der Waals surface area contributed by atoms with Gasteiger partial charge in [0.05, 0.1) is 5.60 Å². The highest BCUT2D eigenvalue weighted by molar-refractivity contribution is 6.35. The third-order valence-corrected chi connectivity index (χ3v) is 6.16. The smallest absolute Gasteiger partial charge is 0.251 e. The van der Waals surface area contributed by atoms with Crippen molar-refractivity contribution < 1.29 is 13.9 Å². The third kappa shape index (κ3) is 6.06. The van der Waals surface area contributed by atoms with Gasteiger partial charge in [-0.25, -0.2) is 4.39 Å². The summed E-state index contributed by atoms with van der Waals surface area (Å²) >= 11 is 11.9. The van der Waals surface area contributed by atoms with E-state index in [1.807, 2.05) is 0 Å². The molecule has 28 heavy (non-hydrogen) atoms. The van der Waals surface area contributed by atoms with Gasteiger partial charge in [-0.1, -0.05) is 23.2 Å². The first-order chi connectivity index (χ1) is 13.2. The van der Waals surface area contributed by atoms with E-state index >= 15 is 0 Å². The van der Waals surface area contributed by atoms with Crippen LogP contribution in [0, 0.1) is 11.8 Å². The van der Waals surface area contributed by atoms with Crippen molar-refractivity contribution >= 4 is 29.1 Å². The lowest BCUT2D eigenvalue weighted by atomic mass is 9.87. The Kier molecular flexibility index (Phi) is 7.24. The van der Waals surface area contributed by atoms with E-state index in [1.165, 1.54) is 0 Å². The number of carbonyl (C=O) groups is 1. The van der Waals surface area contributed by atoms with Crippen molar-refractivity contribution in [2.24, 2.45) is 11.8 Å². The lowest BCUT2D eigenvalue weighted by Gasteiger charge is -2.40. The van der Waals surface area contributed by atoms with E-state index in [9.17, 15) is 9.18 Å². The molecular weight excluding hydrogens is 402 g/mol. The standard InChI is InChI=1S/C21H29Cl2FN2O2/c1-21(2)10-14(4-6-28-21)12-26-5-3-15(19(24)13-26)11-25-20(27)16-7-17(22)9-18(23)8-16/h7-9,14-15,19H,3-6,10-13H2,1-2H3,(H,25,27). The van der Waals surface area contributed by atoms with Crippen LogP contribution in [-0.2, 0) is 4.74 Å². The summed E-state index contributed by atoms with van der Waals surface area (Å²) in [5.41, 5.74) is 0.316. The van der Waals surface area contributed by atoms with Crippen LogP contribution in [0.15, 0.2) is 18.2 Å². The number of nitrogens with zero attached hydrogens (tertiary/aromatic N) is 1. The number of benzene rings is 1. The maximum Gasteiger partial charge on any atom is 0.251 e. The second-order valence-electron chi connectivity index (χ2n) is 8.66. The zero-order valence-corrected chi connectivity index (χ0v) is 18.0. The van der Waals surface area contributed by atoms with E-state index < -0.39 is 6.17 Å². The van der Waals surface area contributed by atoms with Crippen LogP contribution in [0.5, 0.6) is 0 Å². The molecule has 0 aromatic heterocycles.